The first-order valence-corrected chi connectivity index (χ1v) is 8.67. The average Bonchev–Trinajstić information content (AvgIpc) is 2.80. The van der Waals surface area contributed by atoms with Gasteiger partial charge in [0.15, 0.2) is 0 Å². The van der Waals surface area contributed by atoms with Gasteiger partial charge in [-0.3, -0.25) is 4.79 Å². The van der Waals surface area contributed by atoms with E-state index in [4.69, 9.17) is 4.74 Å². The Bertz CT molecular complexity index is 597. The van der Waals surface area contributed by atoms with Crippen molar-refractivity contribution in [2.24, 2.45) is 0 Å². The van der Waals surface area contributed by atoms with E-state index >= 15 is 0 Å². The molecule has 2 saturated heterocycles. The predicted molar refractivity (Wildman–Crippen MR) is 92.3 cm³/mol. The highest BCUT2D eigenvalue weighted by Crippen LogP contribution is 2.25. The van der Waals surface area contributed by atoms with Gasteiger partial charge in [-0.15, -0.1) is 0 Å². The highest BCUT2D eigenvalue weighted by Gasteiger charge is 2.32. The van der Waals surface area contributed by atoms with E-state index < -0.39 is 0 Å². The lowest BCUT2D eigenvalue weighted by Gasteiger charge is -2.23. The van der Waals surface area contributed by atoms with Crippen LogP contribution in [0.4, 0.5) is 10.5 Å². The third-order valence-corrected chi connectivity index (χ3v) is 4.71. The Hall–Kier alpha value is -2.24. The number of hydrogen-bond donors (Lipinski definition) is 1. The van der Waals surface area contributed by atoms with Crippen LogP contribution in [-0.2, 0) is 4.79 Å². The van der Waals surface area contributed by atoms with E-state index in [1.807, 2.05) is 29.2 Å². The lowest BCUT2D eigenvalue weighted by molar-refractivity contribution is -0.117. The monoisotopic (exact) mass is 331 g/mol. The summed E-state index contributed by atoms with van der Waals surface area (Å²) in [4.78, 5) is 28.3. The molecule has 2 aliphatic heterocycles. The number of carbonyl (C=O) groups excluding carboxylic acids is 2. The van der Waals surface area contributed by atoms with Crippen molar-refractivity contribution in [2.75, 3.05) is 31.6 Å². The number of nitrogens with one attached hydrogen (secondary N) is 1. The molecule has 6 heteroatoms. The fraction of sp³-hybridized carbons (Fsp3) is 0.556. The van der Waals surface area contributed by atoms with Gasteiger partial charge in [0.1, 0.15) is 5.75 Å². The van der Waals surface area contributed by atoms with E-state index in [1.165, 1.54) is 12.8 Å². The molecule has 3 rings (SSSR count). The Morgan fingerprint density at radius 2 is 1.96 bits per heavy atom. The van der Waals surface area contributed by atoms with E-state index in [0.29, 0.717) is 13.0 Å². The summed E-state index contributed by atoms with van der Waals surface area (Å²) in [6, 6.07) is 7.27. The lowest BCUT2D eigenvalue weighted by Crippen LogP contribution is -2.46. The molecule has 130 valence electrons. The molecule has 6 nitrogen and oxygen atoms in total. The summed E-state index contributed by atoms with van der Waals surface area (Å²) in [7, 11) is 1.61. The summed E-state index contributed by atoms with van der Waals surface area (Å²) in [5.74, 6) is 0.752. The molecule has 0 spiro atoms. The molecule has 2 aliphatic rings. The summed E-state index contributed by atoms with van der Waals surface area (Å²) >= 11 is 0. The molecular formula is C18H25N3O3. The van der Waals surface area contributed by atoms with Gasteiger partial charge in [-0.1, -0.05) is 18.9 Å². The van der Waals surface area contributed by atoms with Gasteiger partial charge >= 0.3 is 6.03 Å². The number of likely N-dealkylation sites (tertiary alicyclic amines) is 1. The summed E-state index contributed by atoms with van der Waals surface area (Å²) < 4.78 is 5.22. The number of ether oxygens (including phenoxy) is 1. The zero-order chi connectivity index (χ0) is 16.9. The van der Waals surface area contributed by atoms with Crippen molar-refractivity contribution >= 4 is 17.6 Å². The summed E-state index contributed by atoms with van der Waals surface area (Å²) in [5, 5.41) is 3.03. The van der Waals surface area contributed by atoms with Gasteiger partial charge in [-0.25, -0.2) is 4.79 Å². The molecule has 1 aromatic rings. The van der Waals surface area contributed by atoms with E-state index in [1.54, 1.807) is 12.0 Å². The second-order valence-electron chi connectivity index (χ2n) is 6.46. The van der Waals surface area contributed by atoms with Gasteiger partial charge in [0, 0.05) is 37.8 Å². The van der Waals surface area contributed by atoms with Crippen molar-refractivity contribution in [1.29, 1.82) is 0 Å². The number of amides is 3. The molecule has 1 aromatic carbocycles. The molecule has 2 heterocycles. The van der Waals surface area contributed by atoms with E-state index in [-0.39, 0.29) is 18.0 Å². The molecular weight excluding hydrogens is 306 g/mol. The number of carbonyl (C=O) groups is 2. The second kappa shape index (κ2) is 7.55. The van der Waals surface area contributed by atoms with Crippen molar-refractivity contribution in [2.45, 2.75) is 38.1 Å². The summed E-state index contributed by atoms with van der Waals surface area (Å²) in [6.45, 7) is 2.13. The highest BCUT2D eigenvalue weighted by atomic mass is 16.5. The van der Waals surface area contributed by atoms with Gasteiger partial charge in [0.2, 0.25) is 5.91 Å². The van der Waals surface area contributed by atoms with Crippen LogP contribution in [0.5, 0.6) is 5.75 Å². The molecule has 0 radical (unpaired) electrons. The SMILES string of the molecule is COc1cccc(N2C[C@@H](NC(=O)N3CCCCCC3)CC2=O)c1. The van der Waals surface area contributed by atoms with Crippen LogP contribution in [-0.4, -0.2) is 49.6 Å². The van der Waals surface area contributed by atoms with Crippen molar-refractivity contribution < 1.29 is 14.3 Å². The smallest absolute Gasteiger partial charge is 0.317 e. The molecule has 3 amide bonds. The highest BCUT2D eigenvalue weighted by molar-refractivity contribution is 5.97. The Balaban J connectivity index is 1.60. The lowest BCUT2D eigenvalue weighted by atomic mass is 10.2. The number of benzene rings is 1. The molecule has 24 heavy (non-hydrogen) atoms. The number of nitrogens with zero attached hydrogens (tertiary/aromatic N) is 2. The van der Waals surface area contributed by atoms with E-state index in [2.05, 4.69) is 5.32 Å². The topological polar surface area (TPSA) is 61.9 Å². The molecule has 1 N–H and O–H groups in total. The minimum absolute atomic E-state index is 0.0319. The molecule has 0 aliphatic carbocycles. The quantitative estimate of drug-likeness (QED) is 0.925. The molecule has 2 fully saturated rings. The second-order valence-corrected chi connectivity index (χ2v) is 6.46. The summed E-state index contributed by atoms with van der Waals surface area (Å²) in [5.41, 5.74) is 0.811. The van der Waals surface area contributed by atoms with Crippen LogP contribution < -0.4 is 15.0 Å². The molecule has 0 aromatic heterocycles. The van der Waals surface area contributed by atoms with Crippen LogP contribution in [0, 0.1) is 0 Å². The van der Waals surface area contributed by atoms with Crippen LogP contribution in [0.3, 0.4) is 0 Å². The van der Waals surface area contributed by atoms with Crippen LogP contribution >= 0.6 is 0 Å². The minimum atomic E-state index is -0.139. The van der Waals surface area contributed by atoms with Crippen LogP contribution in [0.25, 0.3) is 0 Å². The average molecular weight is 331 g/mol. The maximum absolute atomic E-state index is 12.4. The van der Waals surface area contributed by atoms with Crippen LogP contribution in [0.1, 0.15) is 32.1 Å². The summed E-state index contributed by atoms with van der Waals surface area (Å²) in [6.07, 6.45) is 4.85. The first-order valence-electron chi connectivity index (χ1n) is 8.67. The van der Waals surface area contributed by atoms with Crippen LogP contribution in [0.2, 0.25) is 0 Å². The van der Waals surface area contributed by atoms with Crippen molar-refractivity contribution in [3.63, 3.8) is 0 Å². The fourth-order valence-corrected chi connectivity index (χ4v) is 3.37. The first kappa shape index (κ1) is 16.6. The Morgan fingerprint density at radius 1 is 1.21 bits per heavy atom. The van der Waals surface area contributed by atoms with Crippen molar-refractivity contribution in [3.8, 4) is 5.75 Å². The zero-order valence-electron chi connectivity index (χ0n) is 14.2. The van der Waals surface area contributed by atoms with E-state index in [0.717, 1.165) is 37.4 Å². The number of methoxy groups -OCH3 is 1. The number of hydrogen-bond acceptors (Lipinski definition) is 3. The maximum atomic E-state index is 12.4. The van der Waals surface area contributed by atoms with Gasteiger partial charge < -0.3 is 19.9 Å². The molecule has 1 atom stereocenters. The molecule has 0 saturated carbocycles. The van der Waals surface area contributed by atoms with Gasteiger partial charge in [-0.2, -0.15) is 0 Å². The van der Waals surface area contributed by atoms with Gasteiger partial charge in [0.05, 0.1) is 13.2 Å². The Morgan fingerprint density at radius 3 is 2.67 bits per heavy atom. The largest absolute Gasteiger partial charge is 0.497 e. The minimum Gasteiger partial charge on any atom is -0.497 e. The predicted octanol–water partition coefficient (Wildman–Crippen LogP) is 2.39. The van der Waals surface area contributed by atoms with Crippen molar-refractivity contribution in [1.82, 2.24) is 10.2 Å². The normalized spacial score (nSPS) is 21.5. The first-order chi connectivity index (χ1) is 11.7. The third-order valence-electron chi connectivity index (χ3n) is 4.71. The fourth-order valence-electron chi connectivity index (χ4n) is 3.37. The Labute approximate surface area is 142 Å². The third kappa shape index (κ3) is 3.80. The standard InChI is InChI=1S/C18H25N3O3/c1-24-16-8-6-7-15(12-16)21-13-14(11-17(21)22)19-18(23)20-9-4-2-3-5-10-20/h6-8,12,14H,2-5,9-11,13H2,1H3,(H,19,23)/t14-/m0/s1. The van der Waals surface area contributed by atoms with Crippen LogP contribution in [0.15, 0.2) is 24.3 Å². The zero-order valence-corrected chi connectivity index (χ0v) is 14.2. The number of anilines is 1. The number of urea groups is 1. The van der Waals surface area contributed by atoms with E-state index in [9.17, 15) is 9.59 Å². The number of rotatable bonds is 3. The van der Waals surface area contributed by atoms with Gasteiger partial charge in [-0.05, 0) is 25.0 Å². The molecule has 0 unspecified atom stereocenters. The molecule has 0 bridgehead atoms. The Kier molecular flexibility index (Phi) is 5.23. The van der Waals surface area contributed by atoms with Crippen molar-refractivity contribution in [3.05, 3.63) is 24.3 Å². The van der Waals surface area contributed by atoms with Gasteiger partial charge in [0.25, 0.3) is 0 Å². The maximum Gasteiger partial charge on any atom is 0.317 e.